The van der Waals surface area contributed by atoms with Crippen molar-refractivity contribution in [1.82, 2.24) is 5.32 Å². The topological polar surface area (TPSA) is 104 Å². The molecule has 2 aromatic carbocycles. The van der Waals surface area contributed by atoms with Gasteiger partial charge in [0.2, 0.25) is 0 Å². The second-order valence-electron chi connectivity index (χ2n) is 5.51. The molecule has 2 aromatic rings. The summed E-state index contributed by atoms with van der Waals surface area (Å²) >= 11 is 5.95. The van der Waals surface area contributed by atoms with Crippen molar-refractivity contribution in [3.05, 3.63) is 69.2 Å². The Morgan fingerprint density at radius 2 is 1.96 bits per heavy atom. The maximum Gasteiger partial charge on any atom is 0.319 e. The van der Waals surface area contributed by atoms with Crippen LogP contribution in [0.1, 0.15) is 18.4 Å². The van der Waals surface area contributed by atoms with E-state index in [9.17, 15) is 20.0 Å². The number of nitrogens with one attached hydrogen (secondary N) is 2. The maximum atomic E-state index is 12.2. The first kappa shape index (κ1) is 18.7. The minimum absolute atomic E-state index is 0.0565. The number of aliphatic hydroxyl groups excluding tert-OH is 1. The molecule has 0 aliphatic heterocycles. The summed E-state index contributed by atoms with van der Waals surface area (Å²) in [4.78, 5) is 22.3. The van der Waals surface area contributed by atoms with E-state index in [4.69, 9.17) is 11.6 Å². The zero-order valence-electron chi connectivity index (χ0n) is 13.5. The molecule has 0 aromatic heterocycles. The number of halogens is 1. The lowest BCUT2D eigenvalue weighted by Gasteiger charge is -2.24. The Morgan fingerprint density at radius 1 is 1.28 bits per heavy atom. The Morgan fingerprint density at radius 3 is 2.52 bits per heavy atom. The number of rotatable bonds is 6. The molecule has 3 N–H and O–H groups in total. The van der Waals surface area contributed by atoms with Crippen molar-refractivity contribution in [1.29, 1.82) is 0 Å². The summed E-state index contributed by atoms with van der Waals surface area (Å²) in [6.45, 7) is 1.66. The molecule has 7 nitrogen and oxygen atoms in total. The van der Waals surface area contributed by atoms with E-state index in [0.29, 0.717) is 0 Å². The third-order valence-corrected chi connectivity index (χ3v) is 4.17. The number of benzene rings is 2. The maximum absolute atomic E-state index is 12.2. The highest BCUT2D eigenvalue weighted by Gasteiger charge is 2.21. The van der Waals surface area contributed by atoms with Crippen LogP contribution >= 0.6 is 11.6 Å². The number of hydrogen-bond donors (Lipinski definition) is 3. The number of non-ortho nitro benzene ring substituents is 1. The molecule has 0 heterocycles. The van der Waals surface area contributed by atoms with Crippen molar-refractivity contribution in [2.24, 2.45) is 0 Å². The molecule has 2 atom stereocenters. The Labute approximate surface area is 149 Å². The number of anilines is 1. The fourth-order valence-corrected chi connectivity index (χ4v) is 2.59. The first-order chi connectivity index (χ1) is 11.9. The molecule has 0 spiro atoms. The quantitative estimate of drug-likeness (QED) is 0.539. The number of nitrogens with zero attached hydrogens (tertiary/aromatic N) is 1. The molecule has 2 amide bonds. The zero-order valence-corrected chi connectivity index (χ0v) is 14.2. The second kappa shape index (κ2) is 8.46. The van der Waals surface area contributed by atoms with E-state index in [1.807, 2.05) is 37.3 Å². The highest BCUT2D eigenvalue weighted by molar-refractivity contribution is 6.33. The van der Waals surface area contributed by atoms with Gasteiger partial charge < -0.3 is 15.7 Å². The molecule has 8 heteroatoms. The van der Waals surface area contributed by atoms with Crippen LogP contribution in [-0.2, 0) is 0 Å². The highest BCUT2D eigenvalue weighted by atomic mass is 35.5. The van der Waals surface area contributed by atoms with Gasteiger partial charge in [0, 0.05) is 18.1 Å². The molecule has 0 saturated carbocycles. The molecule has 0 aliphatic rings. The van der Waals surface area contributed by atoms with Gasteiger partial charge in [-0.3, -0.25) is 10.1 Å². The van der Waals surface area contributed by atoms with Crippen molar-refractivity contribution < 1.29 is 14.8 Å². The summed E-state index contributed by atoms with van der Waals surface area (Å²) in [5, 5.41) is 25.6. The largest absolute Gasteiger partial charge is 0.394 e. The van der Waals surface area contributed by atoms with Crippen LogP contribution in [-0.4, -0.2) is 28.7 Å². The van der Waals surface area contributed by atoms with Gasteiger partial charge in [-0.05, 0) is 11.6 Å². The van der Waals surface area contributed by atoms with E-state index in [-0.39, 0.29) is 28.9 Å². The molecule has 0 radical (unpaired) electrons. The second-order valence-corrected chi connectivity index (χ2v) is 5.92. The molecule has 0 saturated heterocycles. The lowest BCUT2D eigenvalue weighted by atomic mass is 9.94. The van der Waals surface area contributed by atoms with E-state index >= 15 is 0 Å². The fraction of sp³-hybridized carbons (Fsp3) is 0.235. The lowest BCUT2D eigenvalue weighted by Crippen LogP contribution is -2.43. The van der Waals surface area contributed by atoms with Gasteiger partial charge in [-0.1, -0.05) is 48.9 Å². The van der Waals surface area contributed by atoms with Crippen molar-refractivity contribution in [3.8, 4) is 0 Å². The third-order valence-electron chi connectivity index (χ3n) is 3.85. The van der Waals surface area contributed by atoms with Gasteiger partial charge in [-0.15, -0.1) is 0 Å². The molecular weight excluding hydrogens is 346 g/mol. The first-order valence-corrected chi connectivity index (χ1v) is 7.97. The number of carbonyl (C=O) groups excluding carboxylic acids is 1. The number of hydrogen-bond acceptors (Lipinski definition) is 4. The first-order valence-electron chi connectivity index (χ1n) is 7.59. The smallest absolute Gasteiger partial charge is 0.319 e. The van der Waals surface area contributed by atoms with Crippen LogP contribution in [0.4, 0.5) is 16.2 Å². The normalized spacial score (nSPS) is 12.9. The molecule has 25 heavy (non-hydrogen) atoms. The van der Waals surface area contributed by atoms with Crippen LogP contribution in [0.5, 0.6) is 0 Å². The molecule has 0 aliphatic carbocycles. The Kier molecular flexibility index (Phi) is 6.32. The number of nitro groups is 1. The van der Waals surface area contributed by atoms with Crippen LogP contribution in [0, 0.1) is 10.1 Å². The average Bonchev–Trinajstić information content (AvgIpc) is 2.61. The number of nitro benzene ring substituents is 1. The van der Waals surface area contributed by atoms with Crippen LogP contribution in [0.2, 0.25) is 5.02 Å². The molecule has 2 rings (SSSR count). The van der Waals surface area contributed by atoms with Crippen molar-refractivity contribution >= 4 is 29.0 Å². The van der Waals surface area contributed by atoms with Gasteiger partial charge in [-0.2, -0.15) is 0 Å². The minimum Gasteiger partial charge on any atom is -0.394 e. The third kappa shape index (κ3) is 4.91. The minimum atomic E-state index is -0.570. The highest BCUT2D eigenvalue weighted by Crippen LogP contribution is 2.26. The van der Waals surface area contributed by atoms with Crippen molar-refractivity contribution in [2.75, 3.05) is 11.9 Å². The molecule has 0 fully saturated rings. The van der Waals surface area contributed by atoms with E-state index in [2.05, 4.69) is 10.6 Å². The van der Waals surface area contributed by atoms with Crippen molar-refractivity contribution in [2.45, 2.75) is 18.9 Å². The summed E-state index contributed by atoms with van der Waals surface area (Å²) < 4.78 is 0. The van der Waals surface area contributed by atoms with Crippen LogP contribution in [0.3, 0.4) is 0 Å². The van der Waals surface area contributed by atoms with Gasteiger partial charge in [0.1, 0.15) is 0 Å². The zero-order chi connectivity index (χ0) is 18.4. The monoisotopic (exact) mass is 363 g/mol. The number of aliphatic hydroxyl groups is 1. The van der Waals surface area contributed by atoms with E-state index in [0.717, 1.165) is 11.6 Å². The standard InChI is InChI=1S/C17H18ClN3O4/c1-11(12-5-3-2-4-6-12)16(10-22)20-17(23)19-15-8-7-13(21(24)25)9-14(15)18/h2-9,11,16,22H,10H2,1H3,(H2,19,20,23). The van der Waals surface area contributed by atoms with E-state index in [1.165, 1.54) is 12.1 Å². The molecular formula is C17H18ClN3O4. The van der Waals surface area contributed by atoms with E-state index < -0.39 is 17.0 Å². The Hall–Kier alpha value is -2.64. The number of amides is 2. The summed E-state index contributed by atoms with van der Waals surface area (Å²) in [6.07, 6.45) is 0. The molecule has 0 bridgehead atoms. The van der Waals surface area contributed by atoms with Gasteiger partial charge in [0.05, 0.1) is 28.3 Å². The van der Waals surface area contributed by atoms with Crippen LogP contribution < -0.4 is 10.6 Å². The predicted molar refractivity (Wildman–Crippen MR) is 96.0 cm³/mol. The van der Waals surface area contributed by atoms with Gasteiger partial charge in [-0.25, -0.2) is 4.79 Å². The summed E-state index contributed by atoms with van der Waals surface area (Å²) in [6, 6.07) is 12.2. The number of urea groups is 1. The fourth-order valence-electron chi connectivity index (χ4n) is 2.36. The molecule has 2 unspecified atom stereocenters. The SMILES string of the molecule is CC(c1ccccc1)C(CO)NC(=O)Nc1ccc([N+](=O)[O-])cc1Cl. The van der Waals surface area contributed by atoms with Crippen LogP contribution in [0.15, 0.2) is 48.5 Å². The summed E-state index contributed by atoms with van der Waals surface area (Å²) in [7, 11) is 0. The average molecular weight is 364 g/mol. The Bertz CT molecular complexity index is 755. The number of carbonyl (C=O) groups is 1. The molecule has 132 valence electrons. The van der Waals surface area contributed by atoms with Gasteiger partial charge >= 0.3 is 6.03 Å². The van der Waals surface area contributed by atoms with E-state index in [1.54, 1.807) is 0 Å². The summed E-state index contributed by atoms with van der Waals surface area (Å²) in [5.41, 5.74) is 1.06. The summed E-state index contributed by atoms with van der Waals surface area (Å²) in [5.74, 6) is -0.107. The van der Waals surface area contributed by atoms with Crippen molar-refractivity contribution in [3.63, 3.8) is 0 Å². The van der Waals surface area contributed by atoms with Gasteiger partial charge in [0.25, 0.3) is 5.69 Å². The van der Waals surface area contributed by atoms with Crippen LogP contribution in [0.25, 0.3) is 0 Å². The lowest BCUT2D eigenvalue weighted by molar-refractivity contribution is -0.384. The van der Waals surface area contributed by atoms with Gasteiger partial charge in [0.15, 0.2) is 0 Å². The predicted octanol–water partition coefficient (Wildman–Crippen LogP) is 3.53. The Balaban J connectivity index is 2.04.